The summed E-state index contributed by atoms with van der Waals surface area (Å²) < 4.78 is 32.6. The van der Waals surface area contributed by atoms with Crippen molar-refractivity contribution in [1.29, 1.82) is 0 Å². The Balaban J connectivity index is 1.84. The molecule has 230 valence electrons. The molecule has 0 aliphatic heterocycles. The van der Waals surface area contributed by atoms with Crippen LogP contribution in [-0.2, 0) is 19.1 Å². The van der Waals surface area contributed by atoms with E-state index >= 15 is 0 Å². The first-order valence-corrected chi connectivity index (χ1v) is 13.6. The van der Waals surface area contributed by atoms with E-state index in [0.717, 1.165) is 22.3 Å². The molecule has 0 fully saturated rings. The standard InChI is InChI=1S/C32H38N2O9/c1-18-9-11-23(15-26(18)39-7)28(24-12-10-19(2)27(16-24)40-8)21(4)43-32(37)20(3)34-31(36)29-30(42-17-41-22(5)35)25(38-6)13-14-33-29/h9-16,20-21,28H,17H2,1-8H3,(H,34,36)/t20-,21-/m0/s1. The number of aromatic nitrogens is 1. The van der Waals surface area contributed by atoms with Gasteiger partial charge in [0.1, 0.15) is 23.6 Å². The highest BCUT2D eigenvalue weighted by Crippen LogP contribution is 2.36. The van der Waals surface area contributed by atoms with Crippen molar-refractivity contribution < 1.29 is 42.8 Å². The maximum absolute atomic E-state index is 13.3. The highest BCUT2D eigenvalue weighted by molar-refractivity contribution is 5.98. The van der Waals surface area contributed by atoms with E-state index in [1.165, 1.54) is 33.2 Å². The molecule has 11 nitrogen and oxygen atoms in total. The van der Waals surface area contributed by atoms with Crippen molar-refractivity contribution in [3.05, 3.63) is 76.6 Å². The Morgan fingerprint density at radius 2 is 1.40 bits per heavy atom. The number of ether oxygens (including phenoxy) is 6. The third-order valence-corrected chi connectivity index (χ3v) is 6.82. The maximum Gasteiger partial charge on any atom is 0.328 e. The molecular formula is C32H38N2O9. The molecule has 2 atom stereocenters. The van der Waals surface area contributed by atoms with Gasteiger partial charge in [-0.3, -0.25) is 9.59 Å². The van der Waals surface area contributed by atoms with E-state index in [1.807, 2.05) is 50.2 Å². The van der Waals surface area contributed by atoms with E-state index in [9.17, 15) is 14.4 Å². The van der Waals surface area contributed by atoms with Crippen molar-refractivity contribution in [3.63, 3.8) is 0 Å². The minimum absolute atomic E-state index is 0.0422. The number of aryl methyl sites for hydroxylation is 2. The first-order valence-electron chi connectivity index (χ1n) is 13.6. The molecule has 0 aliphatic carbocycles. The molecule has 0 radical (unpaired) electrons. The summed E-state index contributed by atoms with van der Waals surface area (Å²) in [5.74, 6) is -0.744. The number of hydrogen-bond acceptors (Lipinski definition) is 10. The molecule has 1 N–H and O–H groups in total. The molecule has 43 heavy (non-hydrogen) atoms. The number of esters is 2. The summed E-state index contributed by atoms with van der Waals surface area (Å²) in [6.45, 7) is 7.96. The zero-order valence-corrected chi connectivity index (χ0v) is 25.7. The Morgan fingerprint density at radius 1 is 0.837 bits per heavy atom. The van der Waals surface area contributed by atoms with Gasteiger partial charge >= 0.3 is 11.9 Å². The Labute approximate surface area is 251 Å². The van der Waals surface area contributed by atoms with E-state index in [4.69, 9.17) is 28.4 Å². The average Bonchev–Trinajstić information content (AvgIpc) is 2.98. The van der Waals surface area contributed by atoms with Gasteiger partial charge in [-0.05, 0) is 62.1 Å². The number of amides is 1. The highest BCUT2D eigenvalue weighted by atomic mass is 16.7. The fraction of sp³-hybridized carbons (Fsp3) is 0.375. The van der Waals surface area contributed by atoms with Crippen molar-refractivity contribution in [3.8, 4) is 23.0 Å². The molecule has 0 saturated heterocycles. The van der Waals surface area contributed by atoms with Crippen LogP contribution in [0.3, 0.4) is 0 Å². The zero-order chi connectivity index (χ0) is 31.7. The lowest BCUT2D eigenvalue weighted by molar-refractivity contribution is -0.151. The normalized spacial score (nSPS) is 12.1. The van der Waals surface area contributed by atoms with Crippen LogP contribution in [0, 0.1) is 13.8 Å². The fourth-order valence-corrected chi connectivity index (χ4v) is 4.54. The van der Waals surface area contributed by atoms with Crippen molar-refractivity contribution in [2.24, 2.45) is 0 Å². The largest absolute Gasteiger partial charge is 0.496 e. The summed E-state index contributed by atoms with van der Waals surface area (Å²) in [6.07, 6.45) is 0.706. The minimum Gasteiger partial charge on any atom is -0.496 e. The zero-order valence-electron chi connectivity index (χ0n) is 25.7. The van der Waals surface area contributed by atoms with Gasteiger partial charge in [-0.1, -0.05) is 24.3 Å². The van der Waals surface area contributed by atoms with Gasteiger partial charge in [0.2, 0.25) is 6.79 Å². The van der Waals surface area contributed by atoms with Crippen LogP contribution in [0.5, 0.6) is 23.0 Å². The second-order valence-electron chi connectivity index (χ2n) is 9.86. The van der Waals surface area contributed by atoms with Crippen molar-refractivity contribution in [1.82, 2.24) is 10.3 Å². The quantitative estimate of drug-likeness (QED) is 0.223. The van der Waals surface area contributed by atoms with Crippen molar-refractivity contribution in [2.45, 2.75) is 52.7 Å². The number of rotatable bonds is 13. The second kappa shape index (κ2) is 14.9. The summed E-state index contributed by atoms with van der Waals surface area (Å²) in [5.41, 5.74) is 3.53. The Morgan fingerprint density at radius 3 is 1.91 bits per heavy atom. The molecule has 3 aromatic rings. The second-order valence-corrected chi connectivity index (χ2v) is 9.86. The lowest BCUT2D eigenvalue weighted by Gasteiger charge is -2.27. The summed E-state index contributed by atoms with van der Waals surface area (Å²) in [6, 6.07) is 12.1. The lowest BCUT2D eigenvalue weighted by atomic mass is 9.86. The summed E-state index contributed by atoms with van der Waals surface area (Å²) >= 11 is 0. The summed E-state index contributed by atoms with van der Waals surface area (Å²) in [4.78, 5) is 41.7. The van der Waals surface area contributed by atoms with Crippen molar-refractivity contribution in [2.75, 3.05) is 28.1 Å². The minimum atomic E-state index is -1.05. The Kier molecular flexibility index (Phi) is 11.3. The van der Waals surface area contributed by atoms with Gasteiger partial charge in [0.05, 0.1) is 21.3 Å². The van der Waals surface area contributed by atoms with Gasteiger partial charge in [0, 0.05) is 25.1 Å². The topological polar surface area (TPSA) is 132 Å². The predicted octanol–water partition coefficient (Wildman–Crippen LogP) is 4.51. The average molecular weight is 595 g/mol. The number of carbonyl (C=O) groups excluding carboxylic acids is 3. The van der Waals surface area contributed by atoms with Crippen LogP contribution < -0.4 is 24.3 Å². The van der Waals surface area contributed by atoms with Gasteiger partial charge in [-0.25, -0.2) is 9.78 Å². The molecule has 3 rings (SSSR count). The Bertz CT molecular complexity index is 1400. The van der Waals surface area contributed by atoms with Crippen LogP contribution in [0.4, 0.5) is 0 Å². The van der Waals surface area contributed by atoms with E-state index in [-0.39, 0.29) is 23.1 Å². The molecule has 1 heterocycles. The third kappa shape index (κ3) is 8.15. The van der Waals surface area contributed by atoms with Gasteiger partial charge in [0.15, 0.2) is 17.2 Å². The van der Waals surface area contributed by atoms with Crippen LogP contribution in [0.1, 0.15) is 59.4 Å². The van der Waals surface area contributed by atoms with E-state index in [0.29, 0.717) is 11.5 Å². The molecule has 0 saturated carbocycles. The fourth-order valence-electron chi connectivity index (χ4n) is 4.54. The van der Waals surface area contributed by atoms with Crippen LogP contribution in [-0.4, -0.2) is 63.1 Å². The number of nitrogens with zero attached hydrogens (tertiary/aromatic N) is 1. The number of methoxy groups -OCH3 is 3. The molecule has 0 unspecified atom stereocenters. The molecule has 0 bridgehead atoms. The number of hydrogen-bond donors (Lipinski definition) is 1. The number of benzene rings is 2. The third-order valence-electron chi connectivity index (χ3n) is 6.82. The van der Waals surface area contributed by atoms with E-state index in [2.05, 4.69) is 10.3 Å². The molecule has 1 amide bonds. The molecular weight excluding hydrogens is 556 g/mol. The van der Waals surface area contributed by atoms with Gasteiger partial charge in [0.25, 0.3) is 5.91 Å². The molecule has 0 aliphatic rings. The van der Waals surface area contributed by atoms with Crippen molar-refractivity contribution >= 4 is 17.8 Å². The van der Waals surface area contributed by atoms with E-state index in [1.54, 1.807) is 21.1 Å². The summed E-state index contributed by atoms with van der Waals surface area (Å²) in [5, 5.41) is 2.60. The molecule has 1 aromatic heterocycles. The van der Waals surface area contributed by atoms with Gasteiger partial charge in [-0.15, -0.1) is 0 Å². The van der Waals surface area contributed by atoms with Crippen LogP contribution in [0.15, 0.2) is 48.7 Å². The lowest BCUT2D eigenvalue weighted by Crippen LogP contribution is -2.41. The van der Waals surface area contributed by atoms with E-state index < -0.39 is 36.8 Å². The summed E-state index contributed by atoms with van der Waals surface area (Å²) in [7, 11) is 4.60. The molecule has 2 aromatic carbocycles. The molecule has 0 spiro atoms. The Hall–Kier alpha value is -4.80. The maximum atomic E-state index is 13.3. The monoisotopic (exact) mass is 594 g/mol. The van der Waals surface area contributed by atoms with Gasteiger partial charge < -0.3 is 33.7 Å². The van der Waals surface area contributed by atoms with Gasteiger partial charge in [-0.2, -0.15) is 0 Å². The predicted molar refractivity (Wildman–Crippen MR) is 158 cm³/mol. The number of pyridine rings is 1. The first-order chi connectivity index (χ1) is 20.5. The smallest absolute Gasteiger partial charge is 0.328 e. The van der Waals surface area contributed by atoms with Crippen LogP contribution in [0.2, 0.25) is 0 Å². The SMILES string of the molecule is COc1cc(C(c2ccc(C)c(OC)c2)[C@H](C)OC(=O)[C@H](C)NC(=O)c2nccc(OC)c2OCOC(C)=O)ccc1C. The number of carbonyl (C=O) groups is 3. The number of nitrogens with one attached hydrogen (secondary N) is 1. The van der Waals surface area contributed by atoms with Crippen LogP contribution in [0.25, 0.3) is 0 Å². The highest BCUT2D eigenvalue weighted by Gasteiger charge is 2.30. The van der Waals surface area contributed by atoms with Crippen LogP contribution >= 0.6 is 0 Å². The molecule has 11 heteroatoms. The first kappa shape index (κ1) is 32.7.